The molecule has 2 aromatic carbocycles. The van der Waals surface area contributed by atoms with Crippen molar-refractivity contribution >= 4 is 27.6 Å². The van der Waals surface area contributed by atoms with Crippen molar-refractivity contribution in [3.8, 4) is 0 Å². The lowest BCUT2D eigenvalue weighted by atomic mass is 10.0. The van der Waals surface area contributed by atoms with Crippen LogP contribution in [0.15, 0.2) is 71.0 Å². The van der Waals surface area contributed by atoms with Crippen LogP contribution >= 0.6 is 15.9 Å². The zero-order valence-corrected chi connectivity index (χ0v) is 13.3. The van der Waals surface area contributed by atoms with Crippen LogP contribution < -0.4 is 0 Å². The van der Waals surface area contributed by atoms with Gasteiger partial charge in [-0.25, -0.2) is 0 Å². The van der Waals surface area contributed by atoms with E-state index in [1.54, 1.807) is 60.7 Å². The number of hydrogen-bond donors (Lipinski definition) is 0. The Labute approximate surface area is 140 Å². The molecule has 2 aromatic rings. The number of nitro groups is 2. The van der Waals surface area contributed by atoms with E-state index in [9.17, 15) is 20.2 Å². The largest absolute Gasteiger partial charge is 0.325 e. The quantitative estimate of drug-likeness (QED) is 0.337. The second-order valence-electron chi connectivity index (χ2n) is 4.49. The normalized spacial score (nSPS) is 12.5. The van der Waals surface area contributed by atoms with Gasteiger partial charge in [-0.2, -0.15) is 0 Å². The summed E-state index contributed by atoms with van der Waals surface area (Å²) in [5.41, 5.74) is 0.529. The van der Waals surface area contributed by atoms with Crippen molar-refractivity contribution in [3.63, 3.8) is 0 Å². The van der Waals surface area contributed by atoms with Crippen LogP contribution in [-0.4, -0.2) is 9.85 Å². The lowest BCUT2D eigenvalue weighted by Crippen LogP contribution is -2.06. The summed E-state index contributed by atoms with van der Waals surface area (Å²) in [6.45, 7) is 0. The highest BCUT2D eigenvalue weighted by Gasteiger charge is 2.28. The Morgan fingerprint density at radius 1 is 0.870 bits per heavy atom. The molecule has 0 aliphatic heterocycles. The minimum absolute atomic E-state index is 0.0792. The van der Waals surface area contributed by atoms with Crippen molar-refractivity contribution in [1.82, 2.24) is 0 Å². The van der Waals surface area contributed by atoms with Crippen LogP contribution in [0.5, 0.6) is 0 Å². The van der Waals surface area contributed by atoms with Crippen molar-refractivity contribution in [1.29, 1.82) is 0 Å². The van der Waals surface area contributed by atoms with Gasteiger partial charge < -0.3 is 0 Å². The third-order valence-electron chi connectivity index (χ3n) is 2.98. The lowest BCUT2D eigenvalue weighted by Gasteiger charge is -2.05. The Hall–Kier alpha value is -2.80. The predicted molar refractivity (Wildman–Crippen MR) is 90.7 cm³/mol. The minimum Gasteiger partial charge on any atom is -0.258 e. The molecule has 0 aromatic heterocycles. The average molecular weight is 375 g/mol. The Morgan fingerprint density at radius 3 is 1.87 bits per heavy atom. The first-order valence-corrected chi connectivity index (χ1v) is 7.31. The van der Waals surface area contributed by atoms with Gasteiger partial charge in [0, 0.05) is 22.0 Å². The number of nitrogens with zero attached hydrogens (tertiary/aromatic N) is 2. The summed E-state index contributed by atoms with van der Waals surface area (Å²) in [7, 11) is 0. The Kier molecular flexibility index (Phi) is 5.37. The second-order valence-corrected chi connectivity index (χ2v) is 5.24. The van der Waals surface area contributed by atoms with Gasteiger partial charge in [0.25, 0.3) is 5.70 Å². The molecule has 0 amide bonds. The van der Waals surface area contributed by atoms with Crippen molar-refractivity contribution in [2.75, 3.05) is 0 Å². The Morgan fingerprint density at radius 2 is 1.39 bits per heavy atom. The fraction of sp³-hybridized carbons (Fsp3) is 0. The molecule has 0 fully saturated rings. The molecule has 7 heteroatoms. The number of allylic oxidation sites excluding steroid dienone is 1. The molecule has 0 aliphatic rings. The molecule has 0 N–H and O–H groups in total. The van der Waals surface area contributed by atoms with Gasteiger partial charge in [-0.15, -0.1) is 0 Å². The van der Waals surface area contributed by atoms with Crippen molar-refractivity contribution in [3.05, 3.63) is 102 Å². The molecule has 0 saturated carbocycles. The summed E-state index contributed by atoms with van der Waals surface area (Å²) < 4.78 is -0.456. The van der Waals surface area contributed by atoms with Crippen LogP contribution in [0.1, 0.15) is 11.1 Å². The number of rotatable bonds is 5. The number of halogens is 1. The van der Waals surface area contributed by atoms with E-state index in [0.29, 0.717) is 11.1 Å². The first kappa shape index (κ1) is 16.6. The van der Waals surface area contributed by atoms with E-state index < -0.39 is 14.5 Å². The number of hydrogen-bond acceptors (Lipinski definition) is 4. The van der Waals surface area contributed by atoms with Crippen LogP contribution in [-0.2, 0) is 0 Å². The zero-order chi connectivity index (χ0) is 16.8. The van der Waals surface area contributed by atoms with E-state index >= 15 is 0 Å². The standard InChI is InChI=1S/C16H11BrN2O4/c17-16(19(22)23)15(13-9-5-2-6-10-13)14(18(20)21)11-12-7-3-1-4-8-12/h1-11H/b14-11+,16-15-. The first-order valence-electron chi connectivity index (χ1n) is 6.52. The molecule has 2 rings (SSSR count). The molecule has 0 bridgehead atoms. The molecular weight excluding hydrogens is 364 g/mol. The average Bonchev–Trinajstić information content (AvgIpc) is 2.55. The summed E-state index contributed by atoms with van der Waals surface area (Å²) in [5.74, 6) is 0. The maximum atomic E-state index is 11.5. The minimum atomic E-state index is -0.690. The summed E-state index contributed by atoms with van der Waals surface area (Å²) in [5, 5.41) is 22.6. The van der Waals surface area contributed by atoms with Crippen LogP contribution in [0.25, 0.3) is 11.6 Å². The molecular formula is C16H11BrN2O4. The molecule has 0 radical (unpaired) electrons. The first-order chi connectivity index (χ1) is 11.0. The van der Waals surface area contributed by atoms with Crippen LogP contribution in [0.4, 0.5) is 0 Å². The van der Waals surface area contributed by atoms with Gasteiger partial charge in [0.1, 0.15) is 5.57 Å². The molecule has 116 valence electrons. The highest BCUT2D eigenvalue weighted by Crippen LogP contribution is 2.31. The SMILES string of the molecule is O=[N+]([O-])C(=C/c1ccccc1)/C(=C(/Br)[N+](=O)[O-])c1ccccc1. The van der Waals surface area contributed by atoms with Gasteiger partial charge in [0.2, 0.25) is 0 Å². The number of benzene rings is 2. The lowest BCUT2D eigenvalue weighted by molar-refractivity contribution is -0.422. The van der Waals surface area contributed by atoms with Gasteiger partial charge in [0.15, 0.2) is 0 Å². The van der Waals surface area contributed by atoms with Crippen molar-refractivity contribution in [2.45, 2.75) is 0 Å². The molecule has 0 spiro atoms. The van der Waals surface area contributed by atoms with Crippen LogP contribution in [0, 0.1) is 20.2 Å². The fourth-order valence-electron chi connectivity index (χ4n) is 1.99. The molecule has 0 saturated heterocycles. The maximum Gasteiger partial charge on any atom is 0.325 e. The Balaban J connectivity index is 2.70. The third kappa shape index (κ3) is 4.10. The van der Waals surface area contributed by atoms with Crippen LogP contribution in [0.3, 0.4) is 0 Å². The summed E-state index contributed by atoms with van der Waals surface area (Å²) >= 11 is 2.86. The zero-order valence-electron chi connectivity index (χ0n) is 11.8. The van der Waals surface area contributed by atoms with E-state index in [0.717, 1.165) is 0 Å². The third-order valence-corrected chi connectivity index (χ3v) is 3.67. The van der Waals surface area contributed by atoms with E-state index in [-0.39, 0.29) is 11.3 Å². The molecule has 0 aliphatic carbocycles. The van der Waals surface area contributed by atoms with E-state index in [1.807, 2.05) is 0 Å². The topological polar surface area (TPSA) is 86.3 Å². The van der Waals surface area contributed by atoms with E-state index in [4.69, 9.17) is 0 Å². The van der Waals surface area contributed by atoms with Gasteiger partial charge in [-0.1, -0.05) is 60.7 Å². The fourth-order valence-corrected chi connectivity index (χ4v) is 2.42. The van der Waals surface area contributed by atoms with Gasteiger partial charge >= 0.3 is 4.61 Å². The Bertz CT molecular complexity index is 786. The predicted octanol–water partition coefficient (Wildman–Crippen LogP) is 4.34. The van der Waals surface area contributed by atoms with Gasteiger partial charge in [-0.05, 0) is 11.1 Å². The summed E-state index contributed by atoms with van der Waals surface area (Å²) in [4.78, 5) is 21.3. The van der Waals surface area contributed by atoms with Gasteiger partial charge in [-0.3, -0.25) is 20.2 Å². The van der Waals surface area contributed by atoms with E-state index in [2.05, 4.69) is 15.9 Å². The summed E-state index contributed by atoms with van der Waals surface area (Å²) in [6, 6.07) is 16.8. The highest BCUT2D eigenvalue weighted by molar-refractivity contribution is 9.11. The second kappa shape index (κ2) is 7.46. The van der Waals surface area contributed by atoms with Crippen LogP contribution in [0.2, 0.25) is 0 Å². The molecule has 0 heterocycles. The molecule has 6 nitrogen and oxygen atoms in total. The van der Waals surface area contributed by atoms with E-state index in [1.165, 1.54) is 6.08 Å². The van der Waals surface area contributed by atoms with Crippen molar-refractivity contribution < 1.29 is 9.85 Å². The molecule has 0 atom stereocenters. The molecule has 23 heavy (non-hydrogen) atoms. The van der Waals surface area contributed by atoms with Gasteiger partial charge in [0.05, 0.1) is 9.85 Å². The maximum absolute atomic E-state index is 11.5. The van der Waals surface area contributed by atoms with Crippen molar-refractivity contribution in [2.24, 2.45) is 0 Å². The molecule has 0 unspecified atom stereocenters. The smallest absolute Gasteiger partial charge is 0.258 e. The highest BCUT2D eigenvalue weighted by atomic mass is 79.9. The monoisotopic (exact) mass is 374 g/mol. The summed E-state index contributed by atoms with van der Waals surface area (Å²) in [6.07, 6.45) is 1.31.